The Morgan fingerprint density at radius 3 is 2.23 bits per heavy atom. The van der Waals surface area contributed by atoms with Crippen molar-refractivity contribution >= 4 is 17.5 Å². The number of methoxy groups -OCH3 is 2. The number of phenols is 1. The molecular weight excluding hydrogens is 512 g/mol. The van der Waals surface area contributed by atoms with Crippen LogP contribution in [0.5, 0.6) is 28.7 Å². The first-order valence-electron chi connectivity index (χ1n) is 13.5. The fraction of sp³-hybridized carbons (Fsp3) is 0.355. The van der Waals surface area contributed by atoms with Crippen LogP contribution in [-0.2, 0) is 9.59 Å². The molecule has 2 amide bonds. The molecule has 0 bridgehead atoms. The van der Waals surface area contributed by atoms with E-state index in [1.165, 1.54) is 31.3 Å². The van der Waals surface area contributed by atoms with E-state index in [2.05, 4.69) is 5.32 Å². The van der Waals surface area contributed by atoms with Crippen molar-refractivity contribution in [1.29, 1.82) is 0 Å². The molecule has 0 radical (unpaired) electrons. The summed E-state index contributed by atoms with van der Waals surface area (Å²) in [6, 6.07) is 17.4. The second-order valence-corrected chi connectivity index (χ2v) is 9.98. The van der Waals surface area contributed by atoms with Crippen LogP contribution in [0.25, 0.3) is 0 Å². The summed E-state index contributed by atoms with van der Waals surface area (Å²) in [7, 11) is 3.04. The number of amides is 2. The zero-order valence-electron chi connectivity index (χ0n) is 22.7. The van der Waals surface area contributed by atoms with E-state index >= 15 is 0 Å². The standard InChI is InChI=1S/C31H34N2O7/c1-37-24-16-22(17-25(18-24)38-2)33(31(36)28-19-39-26-10-6-7-11-27(26)40-28)29(20-12-14-23(34)15-13-20)30(35)32-21-8-4-3-5-9-21/h6-7,10-18,21,28-29,34H,3-5,8-9,19H2,1-2H3,(H,32,35)/t28-,29-/m0/s1. The molecule has 1 fully saturated rings. The van der Waals surface area contributed by atoms with Gasteiger partial charge in [-0.05, 0) is 42.7 Å². The van der Waals surface area contributed by atoms with Gasteiger partial charge in [-0.2, -0.15) is 0 Å². The first kappa shape index (κ1) is 27.2. The molecule has 0 spiro atoms. The Labute approximate surface area is 233 Å². The van der Waals surface area contributed by atoms with Crippen molar-refractivity contribution in [2.45, 2.75) is 50.3 Å². The van der Waals surface area contributed by atoms with E-state index in [1.807, 2.05) is 6.07 Å². The molecule has 1 aliphatic carbocycles. The van der Waals surface area contributed by atoms with Crippen molar-refractivity contribution in [3.8, 4) is 28.7 Å². The van der Waals surface area contributed by atoms with Crippen LogP contribution < -0.4 is 29.2 Å². The fourth-order valence-electron chi connectivity index (χ4n) is 5.23. The number of hydrogen-bond donors (Lipinski definition) is 2. The normalized spacial score (nSPS) is 17.4. The van der Waals surface area contributed by atoms with Gasteiger partial charge in [-0.15, -0.1) is 0 Å². The number of hydrogen-bond acceptors (Lipinski definition) is 7. The molecule has 0 aromatic heterocycles. The fourth-order valence-corrected chi connectivity index (χ4v) is 5.23. The molecule has 0 saturated heterocycles. The molecule has 3 aromatic rings. The van der Waals surface area contributed by atoms with Crippen LogP contribution in [0.4, 0.5) is 5.69 Å². The van der Waals surface area contributed by atoms with Crippen molar-refractivity contribution in [1.82, 2.24) is 5.32 Å². The number of carbonyl (C=O) groups is 2. The highest BCUT2D eigenvalue weighted by molar-refractivity contribution is 6.04. The Hall–Kier alpha value is -4.40. The molecule has 210 valence electrons. The third kappa shape index (κ3) is 5.93. The lowest BCUT2D eigenvalue weighted by Gasteiger charge is -2.36. The van der Waals surface area contributed by atoms with Gasteiger partial charge in [0.05, 0.1) is 19.9 Å². The molecule has 2 aliphatic rings. The van der Waals surface area contributed by atoms with E-state index < -0.39 is 18.1 Å². The van der Waals surface area contributed by atoms with E-state index in [0.717, 1.165) is 32.1 Å². The number of para-hydroxylation sites is 2. The molecular formula is C31H34N2O7. The molecule has 2 N–H and O–H groups in total. The van der Waals surface area contributed by atoms with Gasteiger partial charge in [0, 0.05) is 24.2 Å². The maximum Gasteiger partial charge on any atom is 0.272 e. The Bertz CT molecular complexity index is 1320. The molecule has 2 atom stereocenters. The van der Waals surface area contributed by atoms with Gasteiger partial charge in [0.2, 0.25) is 12.0 Å². The SMILES string of the molecule is COc1cc(OC)cc(N(C(=O)[C@@H]2COc3ccccc3O2)[C@H](C(=O)NC2CCCCC2)c2ccc(O)cc2)c1. The zero-order chi connectivity index (χ0) is 28.1. The lowest BCUT2D eigenvalue weighted by atomic mass is 9.94. The van der Waals surface area contributed by atoms with Gasteiger partial charge in [0.25, 0.3) is 5.91 Å². The van der Waals surface area contributed by atoms with Gasteiger partial charge in [0.15, 0.2) is 11.5 Å². The van der Waals surface area contributed by atoms with Gasteiger partial charge in [-0.1, -0.05) is 43.5 Å². The van der Waals surface area contributed by atoms with Crippen LogP contribution in [0.1, 0.15) is 43.7 Å². The lowest BCUT2D eigenvalue weighted by Crippen LogP contribution is -2.52. The van der Waals surface area contributed by atoms with Crippen molar-refractivity contribution < 1.29 is 33.6 Å². The van der Waals surface area contributed by atoms with E-state index in [9.17, 15) is 14.7 Å². The third-order valence-electron chi connectivity index (χ3n) is 7.30. The number of nitrogens with zero attached hydrogens (tertiary/aromatic N) is 1. The maximum absolute atomic E-state index is 14.4. The summed E-state index contributed by atoms with van der Waals surface area (Å²) in [4.78, 5) is 29.9. The van der Waals surface area contributed by atoms with Crippen LogP contribution in [0.3, 0.4) is 0 Å². The second kappa shape index (κ2) is 12.2. The number of phenolic OH excluding ortho intramolecular Hbond substituents is 1. The van der Waals surface area contributed by atoms with Crippen molar-refractivity contribution in [2.24, 2.45) is 0 Å². The maximum atomic E-state index is 14.4. The predicted molar refractivity (Wildman–Crippen MR) is 149 cm³/mol. The van der Waals surface area contributed by atoms with E-state index in [-0.39, 0.29) is 24.3 Å². The number of fused-ring (bicyclic) bond motifs is 1. The van der Waals surface area contributed by atoms with Crippen LogP contribution in [0, 0.1) is 0 Å². The molecule has 9 nitrogen and oxygen atoms in total. The number of aromatic hydroxyl groups is 1. The minimum Gasteiger partial charge on any atom is -0.508 e. The van der Waals surface area contributed by atoms with Gasteiger partial charge in [-0.3, -0.25) is 14.5 Å². The molecule has 1 saturated carbocycles. The summed E-state index contributed by atoms with van der Waals surface area (Å²) in [5.41, 5.74) is 0.916. The van der Waals surface area contributed by atoms with Crippen LogP contribution in [0.15, 0.2) is 66.7 Å². The Kier molecular flexibility index (Phi) is 8.28. The second-order valence-electron chi connectivity index (χ2n) is 9.98. The van der Waals surface area contributed by atoms with Gasteiger partial charge >= 0.3 is 0 Å². The third-order valence-corrected chi connectivity index (χ3v) is 7.30. The number of nitrogens with one attached hydrogen (secondary N) is 1. The predicted octanol–water partition coefficient (Wildman–Crippen LogP) is 4.77. The summed E-state index contributed by atoms with van der Waals surface area (Å²) < 4.78 is 22.9. The summed E-state index contributed by atoms with van der Waals surface area (Å²) in [6.45, 7) is -0.0278. The minimum atomic E-state index is -1.08. The zero-order valence-corrected chi connectivity index (χ0v) is 22.7. The summed E-state index contributed by atoms with van der Waals surface area (Å²) in [6.07, 6.45) is 3.96. The molecule has 1 heterocycles. The molecule has 1 aliphatic heterocycles. The van der Waals surface area contributed by atoms with Gasteiger partial charge in [-0.25, -0.2) is 0 Å². The molecule has 9 heteroatoms. The van der Waals surface area contributed by atoms with Gasteiger partial charge in [0.1, 0.15) is 29.9 Å². The average Bonchev–Trinajstić information content (AvgIpc) is 3.00. The van der Waals surface area contributed by atoms with Gasteiger partial charge < -0.3 is 29.4 Å². The Balaban J connectivity index is 1.60. The van der Waals surface area contributed by atoms with E-state index in [0.29, 0.717) is 34.2 Å². The minimum absolute atomic E-state index is 0.0128. The summed E-state index contributed by atoms with van der Waals surface area (Å²) in [5.74, 6) is 1.16. The van der Waals surface area contributed by atoms with E-state index in [4.69, 9.17) is 18.9 Å². The van der Waals surface area contributed by atoms with Crippen LogP contribution in [-0.4, -0.2) is 49.9 Å². The van der Waals surface area contributed by atoms with E-state index in [1.54, 1.807) is 48.5 Å². The largest absolute Gasteiger partial charge is 0.508 e. The highest BCUT2D eigenvalue weighted by Gasteiger charge is 2.40. The van der Waals surface area contributed by atoms with Crippen molar-refractivity contribution in [3.05, 3.63) is 72.3 Å². The first-order chi connectivity index (χ1) is 19.5. The number of carbonyl (C=O) groups excluding carboxylic acids is 2. The Morgan fingerprint density at radius 1 is 0.925 bits per heavy atom. The first-order valence-corrected chi connectivity index (χ1v) is 13.5. The molecule has 0 unspecified atom stereocenters. The number of rotatable bonds is 8. The number of ether oxygens (including phenoxy) is 4. The highest BCUT2D eigenvalue weighted by Crippen LogP contribution is 2.37. The van der Waals surface area contributed by atoms with Crippen LogP contribution >= 0.6 is 0 Å². The average molecular weight is 547 g/mol. The topological polar surface area (TPSA) is 107 Å². The van der Waals surface area contributed by atoms with Crippen LogP contribution in [0.2, 0.25) is 0 Å². The molecule has 40 heavy (non-hydrogen) atoms. The summed E-state index contributed by atoms with van der Waals surface area (Å²) in [5, 5.41) is 13.2. The lowest BCUT2D eigenvalue weighted by molar-refractivity contribution is -0.132. The highest BCUT2D eigenvalue weighted by atomic mass is 16.6. The molecule has 3 aromatic carbocycles. The number of benzene rings is 3. The quantitative estimate of drug-likeness (QED) is 0.419. The number of anilines is 1. The van der Waals surface area contributed by atoms with Crippen molar-refractivity contribution in [3.63, 3.8) is 0 Å². The Morgan fingerprint density at radius 2 is 1.57 bits per heavy atom. The monoisotopic (exact) mass is 546 g/mol. The summed E-state index contributed by atoms with van der Waals surface area (Å²) >= 11 is 0. The smallest absolute Gasteiger partial charge is 0.272 e. The molecule has 5 rings (SSSR count). The van der Waals surface area contributed by atoms with Crippen molar-refractivity contribution in [2.75, 3.05) is 25.7 Å².